The highest BCUT2D eigenvalue weighted by atomic mass is 79.9. The van der Waals surface area contributed by atoms with Crippen molar-refractivity contribution in [3.8, 4) is 11.5 Å². The zero-order valence-corrected chi connectivity index (χ0v) is 14.0. The van der Waals surface area contributed by atoms with Crippen LogP contribution in [0.3, 0.4) is 0 Å². The van der Waals surface area contributed by atoms with Gasteiger partial charge in [-0.2, -0.15) is 4.98 Å². The van der Waals surface area contributed by atoms with Crippen molar-refractivity contribution in [3.05, 3.63) is 34.1 Å². The van der Waals surface area contributed by atoms with Crippen LogP contribution in [0, 0.1) is 12.8 Å². The topological polar surface area (TPSA) is 64.9 Å². The van der Waals surface area contributed by atoms with Crippen molar-refractivity contribution in [2.24, 2.45) is 11.7 Å². The predicted molar refractivity (Wildman–Crippen MR) is 85.7 cm³/mol. The number of benzene rings is 1. The molecule has 0 radical (unpaired) electrons. The summed E-state index contributed by atoms with van der Waals surface area (Å²) in [5.74, 6) is 1.90. The van der Waals surface area contributed by atoms with E-state index in [1.807, 2.05) is 25.1 Å². The number of nitrogens with two attached hydrogens (primary N) is 1. The first-order valence-corrected chi connectivity index (χ1v) is 8.17. The van der Waals surface area contributed by atoms with E-state index in [4.69, 9.17) is 10.3 Å². The van der Waals surface area contributed by atoms with Gasteiger partial charge in [-0.1, -0.05) is 18.1 Å². The largest absolute Gasteiger partial charge is 0.334 e. The molecule has 2 N–H and O–H groups in total. The summed E-state index contributed by atoms with van der Waals surface area (Å²) in [6.45, 7) is 4.32. The summed E-state index contributed by atoms with van der Waals surface area (Å²) in [6.07, 6.45) is 4.08. The molecule has 1 aliphatic rings. The molecule has 4 nitrogen and oxygen atoms in total. The molecular formula is C16H20BrN3O. The Balaban J connectivity index is 1.89. The molecule has 1 aromatic carbocycles. The molecular weight excluding hydrogens is 330 g/mol. The van der Waals surface area contributed by atoms with Gasteiger partial charge in [0.05, 0.1) is 11.1 Å². The molecule has 0 aliphatic heterocycles. The summed E-state index contributed by atoms with van der Waals surface area (Å²) in [5.41, 5.74) is 8.15. The Kier molecular flexibility index (Phi) is 3.88. The second-order valence-corrected chi connectivity index (χ2v) is 7.10. The van der Waals surface area contributed by atoms with Gasteiger partial charge >= 0.3 is 0 Å². The Morgan fingerprint density at radius 3 is 2.71 bits per heavy atom. The van der Waals surface area contributed by atoms with E-state index in [0.717, 1.165) is 41.6 Å². The monoisotopic (exact) mass is 349 g/mol. The van der Waals surface area contributed by atoms with E-state index in [0.29, 0.717) is 11.7 Å². The summed E-state index contributed by atoms with van der Waals surface area (Å²) in [5, 5.41) is 4.14. The molecule has 5 heteroatoms. The molecule has 0 atom stereocenters. The van der Waals surface area contributed by atoms with E-state index in [2.05, 4.69) is 33.0 Å². The van der Waals surface area contributed by atoms with Crippen molar-refractivity contribution in [2.45, 2.75) is 45.1 Å². The van der Waals surface area contributed by atoms with Crippen molar-refractivity contribution in [3.63, 3.8) is 0 Å². The molecule has 1 aliphatic carbocycles. The van der Waals surface area contributed by atoms with Gasteiger partial charge in [0.25, 0.3) is 5.89 Å². The van der Waals surface area contributed by atoms with Gasteiger partial charge < -0.3 is 10.3 Å². The molecule has 1 saturated carbocycles. The first-order chi connectivity index (χ1) is 9.98. The first kappa shape index (κ1) is 14.7. The van der Waals surface area contributed by atoms with Gasteiger partial charge in [0, 0.05) is 4.47 Å². The third kappa shape index (κ3) is 2.90. The fourth-order valence-corrected chi connectivity index (χ4v) is 3.49. The van der Waals surface area contributed by atoms with E-state index in [1.54, 1.807) is 0 Å². The quantitative estimate of drug-likeness (QED) is 0.883. The Hall–Kier alpha value is -1.20. The summed E-state index contributed by atoms with van der Waals surface area (Å²) in [6, 6.07) is 6.06. The highest BCUT2D eigenvalue weighted by Crippen LogP contribution is 2.37. The van der Waals surface area contributed by atoms with Gasteiger partial charge in [-0.25, -0.2) is 0 Å². The second kappa shape index (κ2) is 5.54. The Labute approximate surface area is 133 Å². The standard InChI is InChI=1S/C16H20BrN3O/c1-10-5-7-16(18,8-6-10)15-19-14(21-20-15)12-4-3-11(2)9-13(12)17/h3-4,9-10H,5-8,18H2,1-2H3. The summed E-state index contributed by atoms with van der Waals surface area (Å²) >= 11 is 3.55. The van der Waals surface area contributed by atoms with Gasteiger partial charge in [-0.05, 0) is 72.2 Å². The van der Waals surface area contributed by atoms with E-state index >= 15 is 0 Å². The lowest BCUT2D eigenvalue weighted by Crippen LogP contribution is -2.41. The third-order valence-corrected chi connectivity index (χ3v) is 5.05. The van der Waals surface area contributed by atoms with E-state index in [-0.39, 0.29) is 0 Å². The third-order valence-electron chi connectivity index (χ3n) is 4.39. The number of nitrogens with zero attached hydrogens (tertiary/aromatic N) is 2. The molecule has 3 rings (SSSR count). The molecule has 0 saturated heterocycles. The van der Waals surface area contributed by atoms with Crippen LogP contribution in [0.5, 0.6) is 0 Å². The number of hydrogen-bond acceptors (Lipinski definition) is 4. The highest BCUT2D eigenvalue weighted by Gasteiger charge is 2.36. The van der Waals surface area contributed by atoms with E-state index in [1.165, 1.54) is 5.56 Å². The molecule has 21 heavy (non-hydrogen) atoms. The molecule has 0 spiro atoms. The molecule has 2 aromatic rings. The van der Waals surface area contributed by atoms with E-state index < -0.39 is 5.54 Å². The van der Waals surface area contributed by atoms with Gasteiger partial charge in [0.15, 0.2) is 5.82 Å². The average Bonchev–Trinajstić information content (AvgIpc) is 2.92. The molecule has 1 fully saturated rings. The number of aryl methyl sites for hydroxylation is 1. The number of hydrogen-bond donors (Lipinski definition) is 1. The van der Waals surface area contributed by atoms with Crippen LogP contribution in [0.2, 0.25) is 0 Å². The lowest BCUT2D eigenvalue weighted by Gasteiger charge is -2.33. The van der Waals surface area contributed by atoms with Crippen molar-refractivity contribution in [2.75, 3.05) is 0 Å². The number of rotatable bonds is 2. The zero-order valence-electron chi connectivity index (χ0n) is 12.4. The van der Waals surface area contributed by atoms with Crippen LogP contribution >= 0.6 is 15.9 Å². The van der Waals surface area contributed by atoms with Gasteiger partial charge in [-0.15, -0.1) is 0 Å². The molecule has 112 valence electrons. The molecule has 0 unspecified atom stereocenters. The number of aromatic nitrogens is 2. The van der Waals surface area contributed by atoms with E-state index in [9.17, 15) is 0 Å². The Bertz CT molecular complexity index is 645. The van der Waals surface area contributed by atoms with Crippen LogP contribution in [0.25, 0.3) is 11.5 Å². The maximum Gasteiger partial charge on any atom is 0.259 e. The maximum absolute atomic E-state index is 6.50. The minimum atomic E-state index is -0.439. The van der Waals surface area contributed by atoms with Gasteiger partial charge in [0.2, 0.25) is 0 Å². The highest BCUT2D eigenvalue weighted by molar-refractivity contribution is 9.10. The Morgan fingerprint density at radius 1 is 1.33 bits per heavy atom. The zero-order chi connectivity index (χ0) is 15.0. The van der Waals surface area contributed by atoms with Crippen LogP contribution in [0.15, 0.2) is 27.2 Å². The van der Waals surface area contributed by atoms with Crippen LogP contribution in [-0.2, 0) is 5.54 Å². The van der Waals surface area contributed by atoms with Crippen LogP contribution < -0.4 is 5.73 Å². The SMILES string of the molecule is Cc1ccc(-c2nc(C3(N)CCC(C)CC3)no2)c(Br)c1. The second-order valence-electron chi connectivity index (χ2n) is 6.25. The maximum atomic E-state index is 6.50. The van der Waals surface area contributed by atoms with Gasteiger partial charge in [0.1, 0.15) is 0 Å². The summed E-state index contributed by atoms with van der Waals surface area (Å²) in [4.78, 5) is 4.56. The van der Waals surface area contributed by atoms with Gasteiger partial charge in [-0.3, -0.25) is 0 Å². The van der Waals surface area contributed by atoms with Crippen LogP contribution in [0.4, 0.5) is 0 Å². The van der Waals surface area contributed by atoms with Crippen LogP contribution in [0.1, 0.15) is 44.0 Å². The predicted octanol–water partition coefficient (Wildman–Crippen LogP) is 4.17. The first-order valence-electron chi connectivity index (χ1n) is 7.37. The average molecular weight is 350 g/mol. The van der Waals surface area contributed by atoms with Crippen molar-refractivity contribution in [1.29, 1.82) is 0 Å². The number of halogens is 1. The molecule has 0 bridgehead atoms. The van der Waals surface area contributed by atoms with Crippen LogP contribution in [-0.4, -0.2) is 10.1 Å². The summed E-state index contributed by atoms with van der Waals surface area (Å²) in [7, 11) is 0. The Morgan fingerprint density at radius 2 is 2.05 bits per heavy atom. The lowest BCUT2D eigenvalue weighted by atomic mass is 9.77. The fourth-order valence-electron chi connectivity index (χ4n) is 2.83. The minimum absolute atomic E-state index is 0.439. The van der Waals surface area contributed by atoms with Crippen molar-refractivity contribution < 1.29 is 4.52 Å². The normalized spacial score (nSPS) is 26.0. The van der Waals surface area contributed by atoms with Crippen molar-refractivity contribution >= 4 is 15.9 Å². The molecule has 1 heterocycles. The van der Waals surface area contributed by atoms with Crippen molar-refractivity contribution in [1.82, 2.24) is 10.1 Å². The lowest BCUT2D eigenvalue weighted by molar-refractivity contribution is 0.230. The minimum Gasteiger partial charge on any atom is -0.334 e. The summed E-state index contributed by atoms with van der Waals surface area (Å²) < 4.78 is 6.40. The molecule has 0 amide bonds. The molecule has 1 aromatic heterocycles. The fraction of sp³-hybridized carbons (Fsp3) is 0.500. The smallest absolute Gasteiger partial charge is 0.259 e.